The third-order valence-corrected chi connectivity index (χ3v) is 6.35. The number of hydrogen-bond donors (Lipinski definition) is 0. The molecule has 0 bridgehead atoms. The molecular formula is C24H25FN6O2. The number of carbonyl (C=O) groups is 2. The highest BCUT2D eigenvalue weighted by Gasteiger charge is 2.35. The molecule has 2 aliphatic rings. The largest absolute Gasteiger partial charge is 0.328 e. The summed E-state index contributed by atoms with van der Waals surface area (Å²) in [6.07, 6.45) is 5.81. The Hall–Kier alpha value is -3.62. The summed E-state index contributed by atoms with van der Waals surface area (Å²) in [4.78, 5) is 39.0. The lowest BCUT2D eigenvalue weighted by Crippen LogP contribution is -2.37. The second-order valence-corrected chi connectivity index (χ2v) is 8.64. The Labute approximate surface area is 191 Å². The van der Waals surface area contributed by atoms with Crippen molar-refractivity contribution in [1.82, 2.24) is 24.6 Å². The fourth-order valence-electron chi connectivity index (χ4n) is 4.71. The summed E-state index contributed by atoms with van der Waals surface area (Å²) in [6, 6.07) is 5.98. The van der Waals surface area contributed by atoms with Gasteiger partial charge in [0.05, 0.1) is 24.3 Å². The van der Waals surface area contributed by atoms with E-state index < -0.39 is 0 Å². The maximum Gasteiger partial charge on any atom is 0.257 e. The fourth-order valence-corrected chi connectivity index (χ4v) is 4.71. The van der Waals surface area contributed by atoms with Gasteiger partial charge in [-0.1, -0.05) is 12.1 Å². The van der Waals surface area contributed by atoms with Crippen LogP contribution in [0.15, 0.2) is 36.7 Å². The maximum absolute atomic E-state index is 13.7. The predicted octanol–water partition coefficient (Wildman–Crippen LogP) is 3.11. The van der Waals surface area contributed by atoms with Gasteiger partial charge in [-0.05, 0) is 43.9 Å². The molecule has 0 radical (unpaired) electrons. The van der Waals surface area contributed by atoms with E-state index >= 15 is 0 Å². The molecule has 3 aromatic rings. The van der Waals surface area contributed by atoms with Gasteiger partial charge < -0.3 is 4.90 Å². The minimum absolute atomic E-state index is 0.0504. The van der Waals surface area contributed by atoms with Gasteiger partial charge >= 0.3 is 0 Å². The van der Waals surface area contributed by atoms with E-state index in [0.717, 1.165) is 24.1 Å². The van der Waals surface area contributed by atoms with Crippen molar-refractivity contribution in [3.05, 3.63) is 70.7 Å². The standard InChI is InChI=1S/C24H25FN6O2/c1-15-19-8-9-21(32)31(13-16-5-3-6-18(25)11-16)23(19)28-22(27-15)20-7-4-10-30(20)24(33)17-12-26-29(2)14-17/h3,5-6,11-12,14,20H,4,7-10,13H2,1-2H3. The molecule has 8 nitrogen and oxygen atoms in total. The number of fused-ring (bicyclic) bond motifs is 1. The minimum atomic E-state index is -0.341. The van der Waals surface area contributed by atoms with E-state index in [1.807, 2.05) is 6.92 Å². The number of amides is 2. The lowest BCUT2D eigenvalue weighted by Gasteiger charge is -2.31. The Kier molecular flexibility index (Phi) is 5.39. The Morgan fingerprint density at radius 3 is 2.85 bits per heavy atom. The number of nitrogens with zero attached hydrogens (tertiary/aromatic N) is 6. The predicted molar refractivity (Wildman–Crippen MR) is 119 cm³/mol. The first-order valence-corrected chi connectivity index (χ1v) is 11.1. The average Bonchev–Trinajstić information content (AvgIpc) is 3.44. The van der Waals surface area contributed by atoms with Crippen LogP contribution in [0.1, 0.15) is 58.3 Å². The Morgan fingerprint density at radius 1 is 1.24 bits per heavy atom. The van der Waals surface area contributed by atoms with E-state index in [9.17, 15) is 14.0 Å². The van der Waals surface area contributed by atoms with Crippen LogP contribution in [0.3, 0.4) is 0 Å². The summed E-state index contributed by atoms with van der Waals surface area (Å²) < 4.78 is 15.3. The Morgan fingerprint density at radius 2 is 2.09 bits per heavy atom. The molecule has 2 aliphatic heterocycles. The number of hydrogen-bond acceptors (Lipinski definition) is 5. The van der Waals surface area contributed by atoms with Crippen LogP contribution in [0.4, 0.5) is 10.2 Å². The highest BCUT2D eigenvalue weighted by Crippen LogP contribution is 2.35. The van der Waals surface area contributed by atoms with Gasteiger partial charge in [-0.25, -0.2) is 14.4 Å². The average molecular weight is 449 g/mol. The van der Waals surface area contributed by atoms with Gasteiger partial charge in [0, 0.05) is 37.5 Å². The summed E-state index contributed by atoms with van der Waals surface area (Å²) >= 11 is 0. The Bertz CT molecular complexity index is 1240. The van der Waals surface area contributed by atoms with Gasteiger partial charge in [0.15, 0.2) is 5.82 Å². The number of aromatic nitrogens is 4. The van der Waals surface area contributed by atoms with Crippen LogP contribution in [-0.2, 0) is 24.8 Å². The summed E-state index contributed by atoms with van der Waals surface area (Å²) in [5.41, 5.74) is 2.97. The van der Waals surface area contributed by atoms with Crippen molar-refractivity contribution in [1.29, 1.82) is 0 Å². The SMILES string of the molecule is Cc1nc(C2CCCN2C(=O)c2cnn(C)c2)nc2c1CCC(=O)N2Cc1cccc(F)c1. The molecule has 5 rings (SSSR count). The van der Waals surface area contributed by atoms with Crippen LogP contribution in [0, 0.1) is 12.7 Å². The molecule has 2 aromatic heterocycles. The van der Waals surface area contributed by atoms with Crippen molar-refractivity contribution in [3.63, 3.8) is 0 Å². The zero-order valence-corrected chi connectivity index (χ0v) is 18.7. The van der Waals surface area contributed by atoms with Gasteiger partial charge in [0.2, 0.25) is 5.91 Å². The molecule has 1 atom stereocenters. The zero-order valence-electron chi connectivity index (χ0n) is 18.7. The molecule has 1 fully saturated rings. The molecule has 33 heavy (non-hydrogen) atoms. The zero-order chi connectivity index (χ0) is 23.1. The molecule has 170 valence electrons. The lowest BCUT2D eigenvalue weighted by molar-refractivity contribution is -0.119. The quantitative estimate of drug-likeness (QED) is 0.612. The first-order valence-electron chi connectivity index (χ1n) is 11.1. The van der Waals surface area contributed by atoms with E-state index in [4.69, 9.17) is 9.97 Å². The third kappa shape index (κ3) is 3.99. The smallest absolute Gasteiger partial charge is 0.257 e. The minimum Gasteiger partial charge on any atom is -0.328 e. The molecule has 0 N–H and O–H groups in total. The highest BCUT2D eigenvalue weighted by molar-refractivity contribution is 5.95. The van der Waals surface area contributed by atoms with E-state index in [1.165, 1.54) is 12.1 Å². The number of benzene rings is 1. The number of rotatable bonds is 4. The summed E-state index contributed by atoms with van der Waals surface area (Å²) in [5, 5.41) is 4.11. The second-order valence-electron chi connectivity index (χ2n) is 8.64. The molecule has 9 heteroatoms. The summed E-state index contributed by atoms with van der Waals surface area (Å²) in [7, 11) is 1.78. The van der Waals surface area contributed by atoms with Crippen molar-refractivity contribution in [3.8, 4) is 0 Å². The van der Waals surface area contributed by atoms with E-state index in [-0.39, 0.29) is 30.2 Å². The van der Waals surface area contributed by atoms with Gasteiger partial charge in [0.25, 0.3) is 5.91 Å². The molecule has 1 aromatic carbocycles. The van der Waals surface area contributed by atoms with Gasteiger partial charge in [-0.2, -0.15) is 5.10 Å². The molecule has 0 aliphatic carbocycles. The first kappa shape index (κ1) is 21.2. The number of likely N-dealkylation sites (tertiary alicyclic amines) is 1. The topological polar surface area (TPSA) is 84.2 Å². The Balaban J connectivity index is 1.50. The monoisotopic (exact) mass is 448 g/mol. The summed E-state index contributed by atoms with van der Waals surface area (Å²) in [5.74, 6) is 0.619. The summed E-state index contributed by atoms with van der Waals surface area (Å²) in [6.45, 7) is 2.77. The molecule has 1 unspecified atom stereocenters. The van der Waals surface area contributed by atoms with Gasteiger partial charge in [-0.3, -0.25) is 19.2 Å². The number of halogens is 1. The number of aryl methyl sites for hydroxylation is 2. The number of carbonyl (C=O) groups excluding carboxylic acids is 2. The fraction of sp³-hybridized carbons (Fsp3) is 0.375. The molecular weight excluding hydrogens is 423 g/mol. The maximum atomic E-state index is 13.7. The molecule has 4 heterocycles. The van der Waals surface area contributed by atoms with Gasteiger partial charge in [-0.15, -0.1) is 0 Å². The molecule has 0 saturated carbocycles. The second kappa shape index (κ2) is 8.38. The lowest BCUT2D eigenvalue weighted by atomic mass is 10.0. The van der Waals surface area contributed by atoms with Crippen molar-refractivity contribution < 1.29 is 14.0 Å². The van der Waals surface area contributed by atoms with E-state index in [0.29, 0.717) is 42.2 Å². The van der Waals surface area contributed by atoms with E-state index in [1.54, 1.807) is 46.1 Å². The van der Waals surface area contributed by atoms with Crippen LogP contribution in [0.2, 0.25) is 0 Å². The van der Waals surface area contributed by atoms with Crippen molar-refractivity contribution >= 4 is 17.6 Å². The normalized spacial score (nSPS) is 18.0. The van der Waals surface area contributed by atoms with Gasteiger partial charge in [0.1, 0.15) is 11.6 Å². The van der Waals surface area contributed by atoms with Crippen LogP contribution >= 0.6 is 0 Å². The first-order chi connectivity index (χ1) is 15.9. The molecule has 2 amide bonds. The van der Waals surface area contributed by atoms with Crippen molar-refractivity contribution in [2.45, 2.75) is 45.2 Å². The van der Waals surface area contributed by atoms with Crippen LogP contribution in [0.25, 0.3) is 0 Å². The molecule has 0 spiro atoms. The molecule has 1 saturated heterocycles. The third-order valence-electron chi connectivity index (χ3n) is 6.35. The van der Waals surface area contributed by atoms with Crippen molar-refractivity contribution in [2.75, 3.05) is 11.4 Å². The van der Waals surface area contributed by atoms with Crippen molar-refractivity contribution in [2.24, 2.45) is 7.05 Å². The number of anilines is 1. The van der Waals surface area contributed by atoms with Crippen LogP contribution in [0.5, 0.6) is 0 Å². The van der Waals surface area contributed by atoms with E-state index in [2.05, 4.69) is 5.10 Å². The van der Waals surface area contributed by atoms with Crippen LogP contribution < -0.4 is 4.90 Å². The van der Waals surface area contributed by atoms with Crippen LogP contribution in [-0.4, -0.2) is 43.0 Å². The highest BCUT2D eigenvalue weighted by atomic mass is 19.1.